The molecule has 0 atom stereocenters. The highest BCUT2D eigenvalue weighted by molar-refractivity contribution is 6.26. The Morgan fingerprint density at radius 2 is 0.548 bits per heavy atom. The molecule has 16 rings (SSSR count). The number of benzene rings is 16. The Morgan fingerprint density at radius 1 is 0.167 bits per heavy atom. The monoisotopic (exact) mass is 1070 g/mol. The van der Waals surface area contributed by atoms with Gasteiger partial charge in [-0.3, -0.25) is 0 Å². The molecule has 0 fully saturated rings. The molecule has 0 aliphatic carbocycles. The summed E-state index contributed by atoms with van der Waals surface area (Å²) in [5.74, 6) is 0. The molecule has 0 aliphatic rings. The second-order valence-electron chi connectivity index (χ2n) is 22.0. The van der Waals surface area contributed by atoms with Gasteiger partial charge in [0.2, 0.25) is 0 Å². The molecule has 16 aromatic rings. The quantitative estimate of drug-likeness (QED) is 0.0941. The number of anilines is 6. The van der Waals surface area contributed by atoms with E-state index in [1.807, 2.05) is 0 Å². The van der Waals surface area contributed by atoms with Crippen LogP contribution in [0.1, 0.15) is 0 Å². The lowest BCUT2D eigenvalue weighted by atomic mass is 9.84. The SMILES string of the molecule is c1ccc(-c2cccc(N(c3ccccc3)c3ccc4c(-c5ccc6ccccc6c5)c5cc(N(c6ccccc6)c6cccc(-c7ccccc7)c6)ccc5c(-c5ccc(-c6ccc7ccc8cccc9ccc6c7c89)cc5)c4c3)c2)cc1. The molecule has 0 saturated heterocycles. The third-order valence-corrected chi connectivity index (χ3v) is 17.1. The molecule has 392 valence electrons. The van der Waals surface area contributed by atoms with Gasteiger partial charge in [0.25, 0.3) is 0 Å². The van der Waals surface area contributed by atoms with Gasteiger partial charge in [-0.15, -0.1) is 0 Å². The topological polar surface area (TPSA) is 6.48 Å². The highest BCUT2D eigenvalue weighted by Gasteiger charge is 2.24. The molecule has 0 amide bonds. The summed E-state index contributed by atoms with van der Waals surface area (Å²) < 4.78 is 0. The maximum atomic E-state index is 2.45. The van der Waals surface area contributed by atoms with E-state index in [1.165, 1.54) is 98.0 Å². The van der Waals surface area contributed by atoms with Gasteiger partial charge in [0.05, 0.1) is 0 Å². The van der Waals surface area contributed by atoms with Crippen LogP contribution in [-0.2, 0) is 0 Å². The molecule has 0 aromatic heterocycles. The first-order chi connectivity index (χ1) is 41.6. The molecule has 84 heavy (non-hydrogen) atoms. The van der Waals surface area contributed by atoms with Crippen LogP contribution in [-0.4, -0.2) is 0 Å². The standard InChI is InChI=1S/C82H54N2/c1-5-18-55(19-6-1)64-26-16-32-69(51-64)83(67-28-9-3-10-29-67)71-45-49-76-77(53-71)80(61-37-35-58(36-38-61)73-46-42-62-40-39-59-24-15-25-60-43-47-74(73)82(62)79(59)60)75-48-44-72(54-78(75)81(76)66-41-34-57-22-13-14-23-63(57)50-66)84(68-30-11-4-12-31-68)70-33-17-27-65(52-70)56-20-7-2-8-21-56/h1-54H. The van der Waals surface area contributed by atoms with Crippen molar-refractivity contribution >= 4 is 98.8 Å². The van der Waals surface area contributed by atoms with Crippen LogP contribution in [0.4, 0.5) is 34.1 Å². The molecule has 0 spiro atoms. The predicted octanol–water partition coefficient (Wildman–Crippen LogP) is 23.3. The molecular weight excluding hydrogens is 1010 g/mol. The summed E-state index contributed by atoms with van der Waals surface area (Å²) in [6.45, 7) is 0. The van der Waals surface area contributed by atoms with Gasteiger partial charge >= 0.3 is 0 Å². The smallest absolute Gasteiger partial charge is 0.0468 e. The van der Waals surface area contributed by atoms with Crippen molar-refractivity contribution in [1.29, 1.82) is 0 Å². The lowest BCUT2D eigenvalue weighted by molar-refractivity contribution is 1.29. The van der Waals surface area contributed by atoms with E-state index in [0.29, 0.717) is 0 Å². The lowest BCUT2D eigenvalue weighted by Gasteiger charge is -2.28. The number of hydrogen-bond acceptors (Lipinski definition) is 2. The largest absolute Gasteiger partial charge is 0.310 e. The Bertz CT molecular complexity index is 5100. The molecule has 0 unspecified atom stereocenters. The fraction of sp³-hybridized carbons (Fsp3) is 0. The normalized spacial score (nSPS) is 11.6. The highest BCUT2D eigenvalue weighted by atomic mass is 15.1. The molecule has 0 saturated carbocycles. The minimum atomic E-state index is 1.07. The van der Waals surface area contributed by atoms with Gasteiger partial charge in [0.15, 0.2) is 0 Å². The minimum absolute atomic E-state index is 1.07. The first-order valence-electron chi connectivity index (χ1n) is 29.0. The first-order valence-corrected chi connectivity index (χ1v) is 29.0. The molecule has 0 N–H and O–H groups in total. The van der Waals surface area contributed by atoms with Crippen molar-refractivity contribution in [3.63, 3.8) is 0 Å². The average Bonchev–Trinajstić information content (AvgIpc) is 1.82. The van der Waals surface area contributed by atoms with E-state index in [-0.39, 0.29) is 0 Å². The summed E-state index contributed by atoms with van der Waals surface area (Å²) in [7, 11) is 0. The zero-order valence-corrected chi connectivity index (χ0v) is 46.1. The summed E-state index contributed by atoms with van der Waals surface area (Å²) in [5.41, 5.74) is 18.3. The van der Waals surface area contributed by atoms with Crippen LogP contribution in [0.5, 0.6) is 0 Å². The summed E-state index contributed by atoms with van der Waals surface area (Å²) in [6, 6.07) is 121. The van der Waals surface area contributed by atoms with Gasteiger partial charge in [-0.25, -0.2) is 0 Å². The van der Waals surface area contributed by atoms with Crippen LogP contribution in [0.2, 0.25) is 0 Å². The fourth-order valence-corrected chi connectivity index (χ4v) is 13.2. The summed E-state index contributed by atoms with van der Waals surface area (Å²) in [6.07, 6.45) is 0. The molecule has 16 aromatic carbocycles. The predicted molar refractivity (Wildman–Crippen MR) is 359 cm³/mol. The van der Waals surface area contributed by atoms with Crippen LogP contribution in [0, 0.1) is 0 Å². The van der Waals surface area contributed by atoms with Crippen molar-refractivity contribution in [1.82, 2.24) is 0 Å². The Hall–Kier alpha value is -11.1. The molecular formula is C82H54N2. The second-order valence-corrected chi connectivity index (χ2v) is 22.0. The van der Waals surface area contributed by atoms with E-state index < -0.39 is 0 Å². The van der Waals surface area contributed by atoms with E-state index in [9.17, 15) is 0 Å². The second kappa shape index (κ2) is 20.5. The van der Waals surface area contributed by atoms with Gasteiger partial charge in [0.1, 0.15) is 0 Å². The van der Waals surface area contributed by atoms with Crippen molar-refractivity contribution in [3.05, 3.63) is 328 Å². The van der Waals surface area contributed by atoms with Crippen molar-refractivity contribution in [2.45, 2.75) is 0 Å². The van der Waals surface area contributed by atoms with E-state index in [4.69, 9.17) is 0 Å². The van der Waals surface area contributed by atoms with Gasteiger partial charge in [-0.1, -0.05) is 249 Å². The molecule has 0 aliphatic heterocycles. The lowest BCUT2D eigenvalue weighted by Crippen LogP contribution is -2.10. The number of hydrogen-bond donors (Lipinski definition) is 0. The third-order valence-electron chi connectivity index (χ3n) is 17.1. The van der Waals surface area contributed by atoms with Gasteiger partial charge in [0, 0.05) is 34.1 Å². The maximum absolute atomic E-state index is 2.45. The van der Waals surface area contributed by atoms with E-state index in [2.05, 4.69) is 337 Å². The van der Waals surface area contributed by atoms with Crippen molar-refractivity contribution in [3.8, 4) is 55.6 Å². The van der Waals surface area contributed by atoms with Crippen molar-refractivity contribution in [2.75, 3.05) is 9.80 Å². The zero-order chi connectivity index (χ0) is 55.5. The van der Waals surface area contributed by atoms with E-state index in [0.717, 1.165) is 56.4 Å². The Kier molecular flexibility index (Phi) is 11.9. The fourth-order valence-electron chi connectivity index (χ4n) is 13.2. The Morgan fingerprint density at radius 3 is 1.12 bits per heavy atom. The van der Waals surface area contributed by atoms with Crippen LogP contribution in [0.25, 0.3) is 120 Å². The first kappa shape index (κ1) is 48.8. The molecule has 0 heterocycles. The van der Waals surface area contributed by atoms with Crippen LogP contribution >= 0.6 is 0 Å². The highest BCUT2D eigenvalue weighted by Crippen LogP contribution is 2.50. The number of para-hydroxylation sites is 2. The minimum Gasteiger partial charge on any atom is -0.310 e. The number of fused-ring (bicyclic) bond motifs is 3. The Balaban J connectivity index is 0.965. The van der Waals surface area contributed by atoms with Crippen molar-refractivity contribution < 1.29 is 0 Å². The van der Waals surface area contributed by atoms with Gasteiger partial charge < -0.3 is 9.80 Å². The molecule has 0 radical (unpaired) electrons. The summed E-state index contributed by atoms with van der Waals surface area (Å²) in [4.78, 5) is 4.83. The number of nitrogens with zero attached hydrogens (tertiary/aromatic N) is 2. The third kappa shape index (κ3) is 8.51. The molecule has 0 bridgehead atoms. The average molecular weight is 1070 g/mol. The summed E-state index contributed by atoms with van der Waals surface area (Å²) in [5, 5.41) is 14.8. The van der Waals surface area contributed by atoms with E-state index in [1.54, 1.807) is 0 Å². The molecule has 2 heteroatoms. The van der Waals surface area contributed by atoms with Gasteiger partial charge in [-0.05, 0) is 199 Å². The van der Waals surface area contributed by atoms with Crippen LogP contribution in [0.15, 0.2) is 328 Å². The Labute approximate surface area is 489 Å². The zero-order valence-electron chi connectivity index (χ0n) is 46.1. The van der Waals surface area contributed by atoms with Gasteiger partial charge in [-0.2, -0.15) is 0 Å². The maximum Gasteiger partial charge on any atom is 0.0468 e. The molecule has 2 nitrogen and oxygen atoms in total. The van der Waals surface area contributed by atoms with Crippen LogP contribution < -0.4 is 9.80 Å². The van der Waals surface area contributed by atoms with Crippen LogP contribution in [0.3, 0.4) is 0 Å². The summed E-state index contributed by atoms with van der Waals surface area (Å²) >= 11 is 0. The number of rotatable bonds is 11. The van der Waals surface area contributed by atoms with Crippen molar-refractivity contribution in [2.24, 2.45) is 0 Å². The van der Waals surface area contributed by atoms with E-state index >= 15 is 0 Å².